The number of ether oxygens (including phenoxy) is 2. The second kappa shape index (κ2) is 9.09. The minimum atomic E-state index is -0.717. The SMILES string of the molecule is CCOC(=O)Nc1cc(OC(=O)c2cccnc2)ccc1-c1cc(=O)c2cccnc2o1. The summed E-state index contributed by atoms with van der Waals surface area (Å²) in [4.78, 5) is 44.9. The molecule has 9 nitrogen and oxygen atoms in total. The summed E-state index contributed by atoms with van der Waals surface area (Å²) in [6.07, 6.45) is 3.71. The van der Waals surface area contributed by atoms with Crippen LogP contribution >= 0.6 is 0 Å². The topological polar surface area (TPSA) is 121 Å². The van der Waals surface area contributed by atoms with E-state index in [-0.39, 0.29) is 40.5 Å². The number of hydrogen-bond acceptors (Lipinski definition) is 8. The minimum absolute atomic E-state index is 0.157. The zero-order valence-corrected chi connectivity index (χ0v) is 16.9. The summed E-state index contributed by atoms with van der Waals surface area (Å²) in [7, 11) is 0. The third-order valence-corrected chi connectivity index (χ3v) is 4.38. The number of nitrogens with zero attached hydrogens (tertiary/aromatic N) is 2. The lowest BCUT2D eigenvalue weighted by atomic mass is 10.1. The van der Waals surface area contributed by atoms with Gasteiger partial charge in [-0.05, 0) is 43.3 Å². The molecular formula is C23H17N3O6. The molecule has 0 unspecified atom stereocenters. The molecule has 9 heteroatoms. The van der Waals surface area contributed by atoms with Crippen molar-refractivity contribution in [2.45, 2.75) is 6.92 Å². The summed E-state index contributed by atoms with van der Waals surface area (Å²) in [6, 6.07) is 12.2. The van der Waals surface area contributed by atoms with Crippen molar-refractivity contribution in [1.29, 1.82) is 0 Å². The maximum Gasteiger partial charge on any atom is 0.411 e. The van der Waals surface area contributed by atoms with Crippen LogP contribution in [0.2, 0.25) is 0 Å². The van der Waals surface area contributed by atoms with E-state index in [4.69, 9.17) is 13.9 Å². The standard InChI is InChI=1S/C23H17N3O6/c1-2-30-23(29)26-18-11-15(31-22(28)14-5-3-9-24-13-14)7-8-16(18)20-12-19(27)17-6-4-10-25-21(17)32-20/h3-13H,2H2,1H3,(H,26,29). The lowest BCUT2D eigenvalue weighted by Crippen LogP contribution is -2.15. The van der Waals surface area contributed by atoms with Crippen LogP contribution in [-0.4, -0.2) is 28.6 Å². The van der Waals surface area contributed by atoms with Gasteiger partial charge in [-0.15, -0.1) is 0 Å². The Morgan fingerprint density at radius 3 is 2.72 bits per heavy atom. The highest BCUT2D eigenvalue weighted by Crippen LogP contribution is 2.32. The monoisotopic (exact) mass is 431 g/mol. The van der Waals surface area contributed by atoms with Crippen molar-refractivity contribution in [3.8, 4) is 17.1 Å². The molecule has 0 aliphatic rings. The van der Waals surface area contributed by atoms with Gasteiger partial charge in [-0.2, -0.15) is 0 Å². The van der Waals surface area contributed by atoms with Crippen molar-refractivity contribution in [1.82, 2.24) is 9.97 Å². The van der Waals surface area contributed by atoms with Gasteiger partial charge in [-0.25, -0.2) is 14.6 Å². The number of hydrogen-bond donors (Lipinski definition) is 1. The maximum atomic E-state index is 12.5. The van der Waals surface area contributed by atoms with Crippen LogP contribution in [0.3, 0.4) is 0 Å². The van der Waals surface area contributed by atoms with Gasteiger partial charge >= 0.3 is 12.1 Å². The smallest absolute Gasteiger partial charge is 0.411 e. The molecule has 1 amide bonds. The van der Waals surface area contributed by atoms with Crippen LogP contribution in [0.4, 0.5) is 10.5 Å². The molecule has 0 atom stereocenters. The number of carbonyl (C=O) groups is 2. The normalized spacial score (nSPS) is 10.5. The number of pyridine rings is 2. The van der Waals surface area contributed by atoms with Crippen molar-refractivity contribution in [2.24, 2.45) is 0 Å². The summed E-state index contributed by atoms with van der Waals surface area (Å²) in [5.74, 6) is -0.275. The average Bonchev–Trinajstić information content (AvgIpc) is 2.80. The van der Waals surface area contributed by atoms with Gasteiger partial charge < -0.3 is 13.9 Å². The van der Waals surface area contributed by atoms with Crippen LogP contribution in [-0.2, 0) is 4.74 Å². The van der Waals surface area contributed by atoms with Crippen molar-refractivity contribution in [3.63, 3.8) is 0 Å². The third-order valence-electron chi connectivity index (χ3n) is 4.38. The molecule has 0 fully saturated rings. The van der Waals surface area contributed by atoms with E-state index in [2.05, 4.69) is 15.3 Å². The summed E-state index contributed by atoms with van der Waals surface area (Å²) in [6.45, 7) is 1.83. The van der Waals surface area contributed by atoms with Crippen LogP contribution in [0.5, 0.6) is 5.75 Å². The molecule has 4 rings (SSSR count). The van der Waals surface area contributed by atoms with E-state index in [0.29, 0.717) is 10.9 Å². The van der Waals surface area contributed by atoms with E-state index in [1.54, 1.807) is 43.5 Å². The third kappa shape index (κ3) is 4.46. The predicted molar refractivity (Wildman–Crippen MR) is 116 cm³/mol. The molecule has 3 heterocycles. The number of anilines is 1. The first-order chi connectivity index (χ1) is 15.5. The molecule has 3 aromatic heterocycles. The highest BCUT2D eigenvalue weighted by atomic mass is 16.5. The fourth-order valence-electron chi connectivity index (χ4n) is 2.95. The fraction of sp³-hybridized carbons (Fsp3) is 0.0870. The zero-order chi connectivity index (χ0) is 22.5. The molecule has 0 saturated carbocycles. The Labute approximate surface area is 181 Å². The number of rotatable bonds is 5. The molecule has 32 heavy (non-hydrogen) atoms. The number of benzene rings is 1. The van der Waals surface area contributed by atoms with Gasteiger partial charge in [0.05, 0.1) is 23.2 Å². The largest absolute Gasteiger partial charge is 0.450 e. The average molecular weight is 431 g/mol. The van der Waals surface area contributed by atoms with E-state index in [9.17, 15) is 14.4 Å². The molecule has 1 N–H and O–H groups in total. The summed E-state index contributed by atoms with van der Waals surface area (Å²) < 4.78 is 16.1. The maximum absolute atomic E-state index is 12.5. The van der Waals surface area contributed by atoms with Gasteiger partial charge in [0, 0.05) is 36.3 Å². The molecule has 1 aromatic carbocycles. The Kier molecular flexibility index (Phi) is 5.89. The van der Waals surface area contributed by atoms with Gasteiger partial charge in [0.15, 0.2) is 5.43 Å². The van der Waals surface area contributed by atoms with Crippen molar-refractivity contribution in [2.75, 3.05) is 11.9 Å². The predicted octanol–water partition coefficient (Wildman–Crippen LogP) is 4.04. The Balaban J connectivity index is 1.74. The van der Waals surface area contributed by atoms with Gasteiger partial charge in [0.25, 0.3) is 0 Å². The van der Waals surface area contributed by atoms with Gasteiger partial charge in [0.1, 0.15) is 11.5 Å². The lowest BCUT2D eigenvalue weighted by molar-refractivity contribution is 0.0734. The minimum Gasteiger partial charge on any atom is -0.450 e. The summed E-state index contributed by atoms with van der Waals surface area (Å²) in [5, 5.41) is 2.92. The van der Waals surface area contributed by atoms with Crippen LogP contribution in [0.15, 0.2) is 76.3 Å². The second-order valence-corrected chi connectivity index (χ2v) is 6.52. The molecular weight excluding hydrogens is 414 g/mol. The first-order valence-electron chi connectivity index (χ1n) is 9.64. The number of amides is 1. The van der Waals surface area contributed by atoms with E-state index in [1.807, 2.05) is 0 Å². The van der Waals surface area contributed by atoms with Gasteiger partial charge in [-0.1, -0.05) is 0 Å². The highest BCUT2D eigenvalue weighted by Gasteiger charge is 2.17. The number of fused-ring (bicyclic) bond motifs is 1. The Hall–Kier alpha value is -4.53. The van der Waals surface area contributed by atoms with E-state index in [0.717, 1.165) is 0 Å². The zero-order valence-electron chi connectivity index (χ0n) is 16.9. The summed E-state index contributed by atoms with van der Waals surface area (Å²) >= 11 is 0. The number of carbonyl (C=O) groups excluding carboxylic acids is 2. The molecule has 160 valence electrons. The molecule has 0 bridgehead atoms. The molecule has 4 aromatic rings. The molecule has 0 saturated heterocycles. The van der Waals surface area contributed by atoms with Crippen LogP contribution in [0.25, 0.3) is 22.4 Å². The van der Waals surface area contributed by atoms with Gasteiger partial charge in [0.2, 0.25) is 5.71 Å². The number of esters is 1. The van der Waals surface area contributed by atoms with Crippen molar-refractivity contribution in [3.05, 3.63) is 82.9 Å². The second-order valence-electron chi connectivity index (χ2n) is 6.52. The van der Waals surface area contributed by atoms with Crippen molar-refractivity contribution < 1.29 is 23.5 Å². The van der Waals surface area contributed by atoms with Crippen LogP contribution in [0, 0.1) is 0 Å². The highest BCUT2D eigenvalue weighted by molar-refractivity contribution is 5.93. The fourth-order valence-corrected chi connectivity index (χ4v) is 2.95. The van der Waals surface area contributed by atoms with E-state index < -0.39 is 12.1 Å². The van der Waals surface area contributed by atoms with E-state index >= 15 is 0 Å². The Morgan fingerprint density at radius 1 is 1.09 bits per heavy atom. The number of nitrogens with one attached hydrogen (secondary N) is 1. The van der Waals surface area contributed by atoms with Gasteiger partial charge in [-0.3, -0.25) is 15.1 Å². The van der Waals surface area contributed by atoms with E-state index in [1.165, 1.54) is 30.6 Å². The quantitative estimate of drug-likeness (QED) is 0.371. The van der Waals surface area contributed by atoms with Crippen LogP contribution in [0.1, 0.15) is 17.3 Å². The molecule has 0 aliphatic heterocycles. The first kappa shape index (κ1) is 20.7. The molecule has 0 radical (unpaired) electrons. The van der Waals surface area contributed by atoms with Crippen molar-refractivity contribution >= 4 is 28.8 Å². The molecule has 0 aliphatic carbocycles. The lowest BCUT2D eigenvalue weighted by Gasteiger charge is -2.13. The summed E-state index contributed by atoms with van der Waals surface area (Å²) in [5.41, 5.74) is 0.734. The Bertz CT molecular complexity index is 1350. The number of aromatic nitrogens is 2. The Morgan fingerprint density at radius 2 is 1.94 bits per heavy atom. The first-order valence-corrected chi connectivity index (χ1v) is 9.64. The van der Waals surface area contributed by atoms with Crippen LogP contribution < -0.4 is 15.5 Å². The molecule has 0 spiro atoms.